The number of rotatable bonds is 1. The Morgan fingerprint density at radius 3 is 3.00 bits per heavy atom. The average molecular weight is 228 g/mol. The van der Waals surface area contributed by atoms with E-state index in [1.807, 2.05) is 6.07 Å². The van der Waals surface area contributed by atoms with Crippen LogP contribution in [-0.4, -0.2) is 20.2 Å². The minimum Gasteiger partial charge on any atom is -0.276 e. The molecule has 0 unspecified atom stereocenters. The molecule has 0 aromatic carbocycles. The highest BCUT2D eigenvalue weighted by Gasteiger charge is 2.32. The van der Waals surface area contributed by atoms with Crippen molar-refractivity contribution in [3.63, 3.8) is 0 Å². The first kappa shape index (κ1) is 10.4. The third-order valence-corrected chi connectivity index (χ3v) is 3.57. The minimum atomic E-state index is 0.176. The third-order valence-electron chi connectivity index (χ3n) is 3.57. The second-order valence-electron chi connectivity index (χ2n) is 5.26. The van der Waals surface area contributed by atoms with E-state index in [1.54, 1.807) is 12.5 Å². The first-order chi connectivity index (χ1) is 8.18. The summed E-state index contributed by atoms with van der Waals surface area (Å²) < 4.78 is 0. The first-order valence-electron chi connectivity index (χ1n) is 6.02. The number of nitrogens with zero attached hydrogens (tertiary/aromatic N) is 3. The van der Waals surface area contributed by atoms with Gasteiger partial charge in [0, 0.05) is 17.2 Å². The van der Waals surface area contributed by atoms with Crippen LogP contribution in [0.1, 0.15) is 37.9 Å². The highest BCUT2D eigenvalue weighted by Crippen LogP contribution is 2.38. The molecule has 0 amide bonds. The van der Waals surface area contributed by atoms with Gasteiger partial charge in [-0.2, -0.15) is 5.10 Å². The van der Waals surface area contributed by atoms with Gasteiger partial charge in [0.2, 0.25) is 0 Å². The lowest BCUT2D eigenvalue weighted by atomic mass is 9.76. The summed E-state index contributed by atoms with van der Waals surface area (Å²) in [5.41, 5.74) is 4.72. The molecule has 1 aliphatic rings. The standard InChI is InChI=1S/C13H16N4/c1-13(2)6-3-4-9-11(16-17-12(9)13)10-5-7-14-8-15-10/h5,7-8H,3-4,6H2,1-2H3,(H,16,17). The lowest BCUT2D eigenvalue weighted by molar-refractivity contribution is 0.420. The van der Waals surface area contributed by atoms with E-state index in [4.69, 9.17) is 0 Å². The van der Waals surface area contributed by atoms with Crippen LogP contribution in [0.4, 0.5) is 0 Å². The van der Waals surface area contributed by atoms with Crippen molar-refractivity contribution in [1.82, 2.24) is 20.2 Å². The molecule has 0 atom stereocenters. The molecule has 3 rings (SSSR count). The predicted molar refractivity (Wildman–Crippen MR) is 65.6 cm³/mol. The van der Waals surface area contributed by atoms with E-state index in [9.17, 15) is 0 Å². The number of aromatic nitrogens is 4. The van der Waals surface area contributed by atoms with E-state index in [2.05, 4.69) is 34.0 Å². The van der Waals surface area contributed by atoms with Crippen LogP contribution in [0.2, 0.25) is 0 Å². The number of hydrogen-bond donors (Lipinski definition) is 1. The van der Waals surface area contributed by atoms with E-state index in [0.29, 0.717) is 0 Å². The molecule has 88 valence electrons. The molecule has 0 fully saturated rings. The molecule has 2 heterocycles. The van der Waals surface area contributed by atoms with Crippen molar-refractivity contribution < 1.29 is 0 Å². The Labute approximate surface area is 101 Å². The van der Waals surface area contributed by atoms with Crippen LogP contribution in [0.5, 0.6) is 0 Å². The van der Waals surface area contributed by atoms with Crippen LogP contribution in [0.25, 0.3) is 11.4 Å². The van der Waals surface area contributed by atoms with Gasteiger partial charge in [0.25, 0.3) is 0 Å². The van der Waals surface area contributed by atoms with Crippen LogP contribution >= 0.6 is 0 Å². The average Bonchev–Trinajstić information content (AvgIpc) is 2.75. The van der Waals surface area contributed by atoms with Crippen LogP contribution in [-0.2, 0) is 11.8 Å². The van der Waals surface area contributed by atoms with Gasteiger partial charge in [-0.05, 0) is 25.3 Å². The molecule has 2 aromatic heterocycles. The lowest BCUT2D eigenvalue weighted by Crippen LogP contribution is -2.23. The Balaban J connectivity index is 2.13. The van der Waals surface area contributed by atoms with Crippen molar-refractivity contribution in [2.45, 2.75) is 38.5 Å². The second kappa shape index (κ2) is 3.65. The monoisotopic (exact) mass is 228 g/mol. The summed E-state index contributed by atoms with van der Waals surface area (Å²) in [6.07, 6.45) is 6.86. The molecule has 4 nitrogen and oxygen atoms in total. The van der Waals surface area contributed by atoms with Crippen molar-refractivity contribution in [3.05, 3.63) is 29.8 Å². The maximum atomic E-state index is 4.50. The molecular formula is C13H16N4. The lowest BCUT2D eigenvalue weighted by Gasteiger charge is -2.28. The van der Waals surface area contributed by atoms with E-state index < -0.39 is 0 Å². The Morgan fingerprint density at radius 2 is 2.24 bits per heavy atom. The fourth-order valence-corrected chi connectivity index (χ4v) is 2.64. The molecule has 4 heteroatoms. The largest absolute Gasteiger partial charge is 0.276 e. The number of H-pyrrole nitrogens is 1. The molecular weight excluding hydrogens is 212 g/mol. The Morgan fingerprint density at radius 1 is 1.35 bits per heavy atom. The summed E-state index contributed by atoms with van der Waals surface area (Å²) in [6, 6.07) is 1.93. The summed E-state index contributed by atoms with van der Waals surface area (Å²) in [4.78, 5) is 8.25. The molecule has 2 aromatic rings. The fourth-order valence-electron chi connectivity index (χ4n) is 2.64. The van der Waals surface area contributed by atoms with Crippen molar-refractivity contribution >= 4 is 0 Å². The molecule has 0 radical (unpaired) electrons. The number of nitrogens with one attached hydrogen (secondary N) is 1. The zero-order valence-electron chi connectivity index (χ0n) is 10.2. The number of fused-ring (bicyclic) bond motifs is 1. The SMILES string of the molecule is CC1(C)CCCc2c1n[nH]c2-c1ccncn1. The minimum absolute atomic E-state index is 0.176. The molecule has 0 spiro atoms. The molecule has 0 aliphatic heterocycles. The molecule has 1 N–H and O–H groups in total. The first-order valence-corrected chi connectivity index (χ1v) is 6.02. The Bertz CT molecular complexity index is 528. The predicted octanol–water partition coefficient (Wildman–Crippen LogP) is 2.48. The zero-order valence-corrected chi connectivity index (χ0v) is 10.2. The van der Waals surface area contributed by atoms with Crippen molar-refractivity contribution in [3.8, 4) is 11.4 Å². The van der Waals surface area contributed by atoms with Gasteiger partial charge in [-0.15, -0.1) is 0 Å². The second-order valence-corrected chi connectivity index (χ2v) is 5.26. The van der Waals surface area contributed by atoms with E-state index in [1.165, 1.54) is 24.1 Å². The highest BCUT2D eigenvalue weighted by atomic mass is 15.1. The van der Waals surface area contributed by atoms with Crippen LogP contribution in [0.15, 0.2) is 18.6 Å². The Hall–Kier alpha value is -1.71. The summed E-state index contributed by atoms with van der Waals surface area (Å²) >= 11 is 0. The number of hydrogen-bond acceptors (Lipinski definition) is 3. The quantitative estimate of drug-likeness (QED) is 0.815. The van der Waals surface area contributed by atoms with Crippen LogP contribution in [0, 0.1) is 0 Å². The van der Waals surface area contributed by atoms with Gasteiger partial charge in [-0.3, -0.25) is 5.10 Å². The molecule has 17 heavy (non-hydrogen) atoms. The van der Waals surface area contributed by atoms with Gasteiger partial charge in [0.1, 0.15) is 6.33 Å². The maximum Gasteiger partial charge on any atom is 0.116 e. The van der Waals surface area contributed by atoms with Gasteiger partial charge < -0.3 is 0 Å². The van der Waals surface area contributed by atoms with Gasteiger partial charge >= 0.3 is 0 Å². The smallest absolute Gasteiger partial charge is 0.116 e. The van der Waals surface area contributed by atoms with Crippen LogP contribution < -0.4 is 0 Å². The molecule has 0 saturated carbocycles. The van der Waals surface area contributed by atoms with Gasteiger partial charge in [0.15, 0.2) is 0 Å². The zero-order chi connectivity index (χ0) is 11.9. The summed E-state index contributed by atoms with van der Waals surface area (Å²) in [5.74, 6) is 0. The van der Waals surface area contributed by atoms with E-state index >= 15 is 0 Å². The van der Waals surface area contributed by atoms with Crippen molar-refractivity contribution in [1.29, 1.82) is 0 Å². The topological polar surface area (TPSA) is 54.5 Å². The van der Waals surface area contributed by atoms with Gasteiger partial charge in [-0.1, -0.05) is 13.8 Å². The van der Waals surface area contributed by atoms with Crippen molar-refractivity contribution in [2.24, 2.45) is 0 Å². The molecule has 1 aliphatic carbocycles. The van der Waals surface area contributed by atoms with E-state index in [0.717, 1.165) is 17.8 Å². The number of aromatic amines is 1. The molecule has 0 saturated heterocycles. The fraction of sp³-hybridized carbons (Fsp3) is 0.462. The maximum absolute atomic E-state index is 4.50. The highest BCUT2D eigenvalue weighted by molar-refractivity contribution is 5.60. The third kappa shape index (κ3) is 1.64. The van der Waals surface area contributed by atoms with Gasteiger partial charge in [-0.25, -0.2) is 9.97 Å². The summed E-state index contributed by atoms with van der Waals surface area (Å²) in [7, 11) is 0. The van der Waals surface area contributed by atoms with Gasteiger partial charge in [0.05, 0.1) is 17.1 Å². The summed E-state index contributed by atoms with van der Waals surface area (Å²) in [6.45, 7) is 4.52. The van der Waals surface area contributed by atoms with E-state index in [-0.39, 0.29) is 5.41 Å². The summed E-state index contributed by atoms with van der Waals surface area (Å²) in [5, 5.41) is 7.65. The van der Waals surface area contributed by atoms with Crippen molar-refractivity contribution in [2.75, 3.05) is 0 Å². The normalized spacial score (nSPS) is 17.8. The van der Waals surface area contributed by atoms with Crippen LogP contribution in [0.3, 0.4) is 0 Å². The Kier molecular flexibility index (Phi) is 2.24. The molecule has 0 bridgehead atoms.